The number of rotatable bonds is 5. The fraction of sp³-hybridized carbons (Fsp3) is 0.133. The van der Waals surface area contributed by atoms with E-state index in [9.17, 15) is 4.79 Å². The molecule has 110 valence electrons. The number of fused-ring (bicyclic) bond motifs is 1. The molecule has 0 fully saturated rings. The van der Waals surface area contributed by atoms with Crippen LogP contribution in [-0.2, 0) is 0 Å². The minimum Gasteiger partial charge on any atom is -0.368 e. The Morgan fingerprint density at radius 3 is 2.91 bits per heavy atom. The fourth-order valence-corrected chi connectivity index (χ4v) is 1.92. The molecule has 1 amide bonds. The molecule has 0 atom stereocenters. The summed E-state index contributed by atoms with van der Waals surface area (Å²) in [6.45, 7) is 1.05. The highest BCUT2D eigenvalue weighted by molar-refractivity contribution is 5.94. The Morgan fingerprint density at radius 2 is 2.05 bits per heavy atom. The van der Waals surface area contributed by atoms with Crippen molar-refractivity contribution in [2.45, 2.75) is 0 Å². The Balaban J connectivity index is 1.54. The number of aromatic nitrogens is 4. The van der Waals surface area contributed by atoms with E-state index in [4.69, 9.17) is 0 Å². The van der Waals surface area contributed by atoms with E-state index in [1.165, 1.54) is 6.33 Å². The van der Waals surface area contributed by atoms with Gasteiger partial charge in [-0.05, 0) is 24.3 Å². The number of nitrogens with zero attached hydrogens (tertiary/aromatic N) is 4. The topological polar surface area (TPSA) is 92.7 Å². The molecule has 7 heteroatoms. The molecule has 0 aliphatic heterocycles. The van der Waals surface area contributed by atoms with E-state index >= 15 is 0 Å². The van der Waals surface area contributed by atoms with E-state index in [2.05, 4.69) is 30.6 Å². The van der Waals surface area contributed by atoms with Crippen molar-refractivity contribution in [1.29, 1.82) is 0 Å². The summed E-state index contributed by atoms with van der Waals surface area (Å²) in [6, 6.07) is 9.06. The molecule has 22 heavy (non-hydrogen) atoms. The Morgan fingerprint density at radius 1 is 1.09 bits per heavy atom. The van der Waals surface area contributed by atoms with Crippen LogP contribution in [0.15, 0.2) is 49.1 Å². The minimum absolute atomic E-state index is 0.233. The van der Waals surface area contributed by atoms with E-state index in [0.717, 1.165) is 11.2 Å². The average molecular weight is 294 g/mol. The second kappa shape index (κ2) is 6.57. The van der Waals surface area contributed by atoms with Gasteiger partial charge in [-0.2, -0.15) is 0 Å². The summed E-state index contributed by atoms with van der Waals surface area (Å²) in [5, 5.41) is 6.71. The average Bonchev–Trinajstić information content (AvgIpc) is 2.59. The standard InChI is InChI=1S/C15H14N6O/c22-15(19-8-7-18-13-3-1-2-6-17-13)12-5-4-11-9-16-10-20-14(11)21-12/h1-6,9-10H,7-8H2,(H,17,18)(H,19,22). The zero-order chi connectivity index (χ0) is 15.2. The Hall–Kier alpha value is -3.09. The van der Waals surface area contributed by atoms with Crippen molar-refractivity contribution in [2.75, 3.05) is 18.4 Å². The summed E-state index contributed by atoms with van der Waals surface area (Å²) in [5.41, 5.74) is 0.846. The summed E-state index contributed by atoms with van der Waals surface area (Å²) < 4.78 is 0. The number of pyridine rings is 2. The molecule has 3 aromatic rings. The van der Waals surface area contributed by atoms with Crippen LogP contribution < -0.4 is 10.6 Å². The van der Waals surface area contributed by atoms with Crippen LogP contribution in [0.5, 0.6) is 0 Å². The number of amides is 1. The number of hydrogen-bond acceptors (Lipinski definition) is 6. The quantitative estimate of drug-likeness (QED) is 0.688. The van der Waals surface area contributed by atoms with Crippen LogP contribution in [0.25, 0.3) is 11.0 Å². The van der Waals surface area contributed by atoms with Gasteiger partial charge in [0.1, 0.15) is 17.8 Å². The van der Waals surface area contributed by atoms with Crippen molar-refractivity contribution in [2.24, 2.45) is 0 Å². The lowest BCUT2D eigenvalue weighted by atomic mass is 10.3. The van der Waals surface area contributed by atoms with E-state index in [1.807, 2.05) is 18.2 Å². The second-order valence-electron chi connectivity index (χ2n) is 4.53. The van der Waals surface area contributed by atoms with Gasteiger partial charge in [-0.15, -0.1) is 0 Å². The first-order chi connectivity index (χ1) is 10.8. The first-order valence-corrected chi connectivity index (χ1v) is 6.83. The van der Waals surface area contributed by atoms with Gasteiger partial charge in [0.05, 0.1) is 0 Å². The van der Waals surface area contributed by atoms with Gasteiger partial charge in [-0.3, -0.25) is 4.79 Å². The van der Waals surface area contributed by atoms with Crippen LogP contribution in [0.3, 0.4) is 0 Å². The van der Waals surface area contributed by atoms with Crippen molar-refractivity contribution in [3.63, 3.8) is 0 Å². The highest BCUT2D eigenvalue weighted by atomic mass is 16.1. The first kappa shape index (κ1) is 13.9. The second-order valence-corrected chi connectivity index (χ2v) is 4.53. The molecule has 3 heterocycles. The van der Waals surface area contributed by atoms with Crippen molar-refractivity contribution in [3.8, 4) is 0 Å². The van der Waals surface area contributed by atoms with Crippen LogP contribution in [0.4, 0.5) is 5.82 Å². The van der Waals surface area contributed by atoms with Crippen molar-refractivity contribution < 1.29 is 4.79 Å². The van der Waals surface area contributed by atoms with Gasteiger partial charge in [-0.25, -0.2) is 19.9 Å². The molecule has 0 bridgehead atoms. The summed E-state index contributed by atoms with van der Waals surface area (Å²) in [4.78, 5) is 28.3. The van der Waals surface area contributed by atoms with Crippen molar-refractivity contribution >= 4 is 22.8 Å². The highest BCUT2D eigenvalue weighted by Gasteiger charge is 2.07. The largest absolute Gasteiger partial charge is 0.368 e. The molecular weight excluding hydrogens is 280 g/mol. The maximum absolute atomic E-state index is 12.0. The lowest BCUT2D eigenvalue weighted by Crippen LogP contribution is -2.29. The molecule has 0 aliphatic rings. The molecule has 0 aliphatic carbocycles. The van der Waals surface area contributed by atoms with Gasteiger partial charge in [0, 0.05) is 30.9 Å². The summed E-state index contributed by atoms with van der Waals surface area (Å²) in [7, 11) is 0. The molecule has 7 nitrogen and oxygen atoms in total. The summed E-state index contributed by atoms with van der Waals surface area (Å²) in [5.74, 6) is 0.542. The van der Waals surface area contributed by atoms with Gasteiger partial charge in [0.2, 0.25) is 0 Å². The molecule has 0 aromatic carbocycles. The molecule has 3 aromatic heterocycles. The number of anilines is 1. The zero-order valence-corrected chi connectivity index (χ0v) is 11.7. The molecule has 0 saturated carbocycles. The molecule has 0 saturated heterocycles. The third kappa shape index (κ3) is 3.32. The fourth-order valence-electron chi connectivity index (χ4n) is 1.92. The van der Waals surface area contributed by atoms with Crippen LogP contribution in [0.2, 0.25) is 0 Å². The molecule has 0 unspecified atom stereocenters. The van der Waals surface area contributed by atoms with Gasteiger partial charge < -0.3 is 10.6 Å². The van der Waals surface area contributed by atoms with Crippen LogP contribution in [0, 0.1) is 0 Å². The molecule has 3 rings (SSSR count). The molecule has 0 radical (unpaired) electrons. The Labute approximate surface area is 126 Å². The van der Waals surface area contributed by atoms with Gasteiger partial charge in [0.25, 0.3) is 5.91 Å². The Bertz CT molecular complexity index is 777. The summed E-state index contributed by atoms with van der Waals surface area (Å²) in [6.07, 6.45) is 4.78. The van der Waals surface area contributed by atoms with E-state index < -0.39 is 0 Å². The third-order valence-electron chi connectivity index (χ3n) is 2.98. The molecular formula is C15H14N6O. The van der Waals surface area contributed by atoms with Gasteiger partial charge in [0.15, 0.2) is 5.65 Å². The third-order valence-corrected chi connectivity index (χ3v) is 2.98. The number of carbonyl (C=O) groups excluding carboxylic acids is 1. The monoisotopic (exact) mass is 294 g/mol. The normalized spacial score (nSPS) is 10.4. The van der Waals surface area contributed by atoms with E-state index in [-0.39, 0.29) is 5.91 Å². The SMILES string of the molecule is O=C(NCCNc1ccccn1)c1ccc2cncnc2n1. The predicted molar refractivity (Wildman–Crippen MR) is 82.4 cm³/mol. The summed E-state index contributed by atoms with van der Waals surface area (Å²) >= 11 is 0. The maximum atomic E-state index is 12.0. The highest BCUT2D eigenvalue weighted by Crippen LogP contribution is 2.07. The van der Waals surface area contributed by atoms with Crippen molar-refractivity contribution in [1.82, 2.24) is 25.3 Å². The van der Waals surface area contributed by atoms with Crippen LogP contribution >= 0.6 is 0 Å². The number of hydrogen-bond donors (Lipinski definition) is 2. The van der Waals surface area contributed by atoms with Crippen LogP contribution in [-0.4, -0.2) is 38.9 Å². The number of carbonyl (C=O) groups is 1. The van der Waals surface area contributed by atoms with E-state index in [0.29, 0.717) is 24.4 Å². The van der Waals surface area contributed by atoms with Gasteiger partial charge >= 0.3 is 0 Å². The predicted octanol–water partition coefficient (Wildman–Crippen LogP) is 1.26. The molecule has 0 spiro atoms. The minimum atomic E-state index is -0.233. The van der Waals surface area contributed by atoms with Gasteiger partial charge in [-0.1, -0.05) is 6.07 Å². The van der Waals surface area contributed by atoms with Crippen molar-refractivity contribution in [3.05, 3.63) is 54.7 Å². The van der Waals surface area contributed by atoms with E-state index in [1.54, 1.807) is 24.5 Å². The maximum Gasteiger partial charge on any atom is 0.270 e. The smallest absolute Gasteiger partial charge is 0.270 e. The lowest BCUT2D eigenvalue weighted by molar-refractivity contribution is 0.0950. The first-order valence-electron chi connectivity index (χ1n) is 6.83. The number of nitrogens with one attached hydrogen (secondary N) is 2. The lowest BCUT2D eigenvalue weighted by Gasteiger charge is -2.07. The van der Waals surface area contributed by atoms with Crippen LogP contribution in [0.1, 0.15) is 10.5 Å². The molecule has 2 N–H and O–H groups in total. The Kier molecular flexibility index (Phi) is 4.15. The zero-order valence-electron chi connectivity index (χ0n) is 11.7.